The van der Waals surface area contributed by atoms with Gasteiger partial charge < -0.3 is 13.7 Å². The smallest absolute Gasteiger partial charge is 0.440 e. The molecule has 7 nitrogen and oxygen atoms in total. The van der Waals surface area contributed by atoms with Gasteiger partial charge in [-0.15, -0.1) is 13.2 Å². The highest BCUT2D eigenvalue weighted by atomic mass is 32.2. The number of ether oxygens (including phenoxy) is 1. The summed E-state index contributed by atoms with van der Waals surface area (Å²) >= 11 is 0. The second kappa shape index (κ2) is 10.6. The first-order chi connectivity index (χ1) is 20.0. The summed E-state index contributed by atoms with van der Waals surface area (Å²) in [4.78, 5) is 7.97. The molecule has 0 aliphatic heterocycles. The third kappa shape index (κ3) is 6.28. The average molecular weight is 622 g/mol. The number of nitrogens with zero attached hydrogens (tertiary/aromatic N) is 3. The summed E-state index contributed by atoms with van der Waals surface area (Å²) < 4.78 is 116. The van der Waals surface area contributed by atoms with Crippen LogP contribution in [0, 0.1) is 13.8 Å². The molecule has 0 atom stereocenters. The monoisotopic (exact) mass is 621 g/mol. The summed E-state index contributed by atoms with van der Waals surface area (Å²) in [6.07, 6.45) is -7.93. The fourth-order valence-corrected chi connectivity index (χ4v) is 5.20. The molecular formula is C29H21F6N3O4S. The Kier molecular flexibility index (Phi) is 7.37. The molecule has 0 aliphatic rings. The predicted molar refractivity (Wildman–Crippen MR) is 144 cm³/mol. The number of hydrogen-bond acceptors (Lipinski definition) is 6. The molecule has 0 N–H and O–H groups in total. The Morgan fingerprint density at radius 3 is 2.19 bits per heavy atom. The minimum Gasteiger partial charge on any atom is -0.440 e. The maximum absolute atomic E-state index is 13.5. The molecule has 0 unspecified atom stereocenters. The van der Waals surface area contributed by atoms with Gasteiger partial charge in [0, 0.05) is 30.5 Å². The van der Waals surface area contributed by atoms with Crippen molar-refractivity contribution in [2.45, 2.75) is 31.3 Å². The summed E-state index contributed by atoms with van der Waals surface area (Å²) in [5.74, 6) is -0.602. The van der Waals surface area contributed by atoms with Gasteiger partial charge in [-0.2, -0.15) is 13.2 Å². The van der Waals surface area contributed by atoms with E-state index in [1.54, 1.807) is 12.1 Å². The Morgan fingerprint density at radius 2 is 1.53 bits per heavy atom. The second-order valence-electron chi connectivity index (χ2n) is 9.53. The van der Waals surface area contributed by atoms with Crippen molar-refractivity contribution < 1.29 is 43.9 Å². The lowest BCUT2D eigenvalue weighted by Crippen LogP contribution is -2.17. The van der Waals surface area contributed by atoms with Crippen molar-refractivity contribution in [2.24, 2.45) is 0 Å². The van der Waals surface area contributed by atoms with Gasteiger partial charge in [0.15, 0.2) is 27.2 Å². The van der Waals surface area contributed by atoms with Gasteiger partial charge in [-0.25, -0.2) is 18.4 Å². The first kappa shape index (κ1) is 29.9. The molecule has 0 saturated heterocycles. The molecule has 2 heterocycles. The van der Waals surface area contributed by atoms with Crippen LogP contribution in [0.2, 0.25) is 0 Å². The van der Waals surface area contributed by atoms with Crippen LogP contribution in [0.3, 0.4) is 0 Å². The highest BCUT2D eigenvalue weighted by Gasteiger charge is 2.36. The van der Waals surface area contributed by atoms with Crippen LogP contribution in [0.4, 0.5) is 26.3 Å². The summed E-state index contributed by atoms with van der Waals surface area (Å²) in [7, 11) is -3.58. The molecule has 14 heteroatoms. The second-order valence-corrected chi connectivity index (χ2v) is 11.5. The molecule has 0 radical (unpaired) electrons. The molecule has 0 saturated carbocycles. The fraction of sp³-hybridized carbons (Fsp3) is 0.172. The number of sulfone groups is 1. The van der Waals surface area contributed by atoms with Gasteiger partial charge in [-0.3, -0.25) is 0 Å². The van der Waals surface area contributed by atoms with Crippen molar-refractivity contribution in [3.05, 3.63) is 90.3 Å². The van der Waals surface area contributed by atoms with Crippen molar-refractivity contribution in [1.29, 1.82) is 0 Å². The van der Waals surface area contributed by atoms with Crippen molar-refractivity contribution in [3.63, 3.8) is 0 Å². The standard InChI is InChI=1S/C29H21F6N3O4S/c1-16-36-25(28(30,31)32)15-38(16)23-12-11-19(18-7-6-8-20(13-18)43(3,39)40)14-22(23)27-26(37-17(2)41-27)21-9-4-5-10-24(21)42-29(33,34)35/h4-15H,1-3H3. The Hall–Kier alpha value is -4.59. The molecule has 0 spiro atoms. The summed E-state index contributed by atoms with van der Waals surface area (Å²) in [6.45, 7) is 2.82. The van der Waals surface area contributed by atoms with E-state index in [1.807, 2.05) is 0 Å². The van der Waals surface area contributed by atoms with Crippen LogP contribution in [-0.2, 0) is 16.0 Å². The topological polar surface area (TPSA) is 87.2 Å². The number of halogens is 6. The molecule has 0 fully saturated rings. The Labute approximate surface area is 241 Å². The van der Waals surface area contributed by atoms with Crippen LogP contribution in [0.5, 0.6) is 5.75 Å². The Morgan fingerprint density at radius 1 is 0.837 bits per heavy atom. The summed E-state index contributed by atoms with van der Waals surface area (Å²) in [6, 6.07) is 15.8. The van der Waals surface area contributed by atoms with E-state index in [1.165, 1.54) is 66.9 Å². The van der Waals surface area contributed by atoms with Crippen LogP contribution >= 0.6 is 0 Å². The molecule has 224 valence electrons. The lowest BCUT2D eigenvalue weighted by Gasteiger charge is -2.15. The van der Waals surface area contributed by atoms with Crippen LogP contribution in [0.25, 0.3) is 39.4 Å². The van der Waals surface area contributed by atoms with Crippen LogP contribution < -0.4 is 4.74 Å². The Bertz CT molecular complexity index is 1940. The summed E-state index contributed by atoms with van der Waals surface area (Å²) in [5.41, 5.74) is -0.108. The van der Waals surface area contributed by atoms with Gasteiger partial charge >= 0.3 is 12.5 Å². The normalized spacial score (nSPS) is 12.5. The quantitative estimate of drug-likeness (QED) is 0.180. The summed E-state index contributed by atoms with van der Waals surface area (Å²) in [5, 5.41) is 0. The first-order valence-corrected chi connectivity index (χ1v) is 14.3. The molecule has 0 bridgehead atoms. The van der Waals surface area contributed by atoms with E-state index < -0.39 is 33.8 Å². The lowest BCUT2D eigenvalue weighted by molar-refractivity contribution is -0.274. The van der Waals surface area contributed by atoms with Gasteiger partial charge in [0.1, 0.15) is 17.3 Å². The van der Waals surface area contributed by atoms with Crippen molar-refractivity contribution in [2.75, 3.05) is 6.26 Å². The molecular weight excluding hydrogens is 600 g/mol. The fourth-order valence-electron chi connectivity index (χ4n) is 4.54. The molecule has 0 amide bonds. The van der Waals surface area contributed by atoms with E-state index in [9.17, 15) is 34.8 Å². The van der Waals surface area contributed by atoms with E-state index in [2.05, 4.69) is 14.7 Å². The number of aromatic nitrogens is 3. The average Bonchev–Trinajstić information content (AvgIpc) is 3.50. The Balaban J connectivity index is 1.79. The van der Waals surface area contributed by atoms with E-state index in [0.29, 0.717) is 11.1 Å². The van der Waals surface area contributed by atoms with Crippen LogP contribution in [-0.4, -0.2) is 35.6 Å². The molecule has 2 aromatic heterocycles. The van der Waals surface area contributed by atoms with Gasteiger partial charge in [0.25, 0.3) is 0 Å². The lowest BCUT2D eigenvalue weighted by atomic mass is 9.98. The highest BCUT2D eigenvalue weighted by molar-refractivity contribution is 7.90. The van der Waals surface area contributed by atoms with Crippen molar-refractivity contribution >= 4 is 9.84 Å². The molecule has 5 aromatic rings. The SMILES string of the molecule is Cc1nc(-c2ccccc2OC(F)(F)F)c(-c2cc(-c3cccc(S(C)(=O)=O)c3)ccc2-n2cc(C(F)(F)F)nc2C)o1. The van der Waals surface area contributed by atoms with E-state index >= 15 is 0 Å². The number of alkyl halides is 6. The zero-order valence-electron chi connectivity index (χ0n) is 22.6. The zero-order valence-corrected chi connectivity index (χ0v) is 23.4. The number of benzene rings is 3. The maximum Gasteiger partial charge on any atom is 0.573 e. The van der Waals surface area contributed by atoms with Gasteiger partial charge in [-0.05, 0) is 54.4 Å². The minimum absolute atomic E-state index is 0.0287. The number of imidazole rings is 1. The van der Waals surface area contributed by atoms with Crippen LogP contribution in [0.15, 0.2) is 82.2 Å². The van der Waals surface area contributed by atoms with Crippen molar-refractivity contribution in [3.8, 4) is 45.1 Å². The van der Waals surface area contributed by atoms with Crippen molar-refractivity contribution in [1.82, 2.24) is 14.5 Å². The molecule has 5 rings (SSSR count). The number of aryl methyl sites for hydroxylation is 2. The predicted octanol–water partition coefficient (Wildman–Crippen LogP) is 7.80. The minimum atomic E-state index is -5.02. The third-order valence-electron chi connectivity index (χ3n) is 6.37. The highest BCUT2D eigenvalue weighted by Crippen LogP contribution is 2.43. The molecule has 3 aromatic carbocycles. The zero-order chi connectivity index (χ0) is 31.3. The van der Waals surface area contributed by atoms with Gasteiger partial charge in [0.2, 0.25) is 0 Å². The largest absolute Gasteiger partial charge is 0.573 e. The van der Waals surface area contributed by atoms with Gasteiger partial charge in [0.05, 0.1) is 10.6 Å². The number of oxazole rings is 1. The van der Waals surface area contributed by atoms with E-state index in [0.717, 1.165) is 18.5 Å². The molecule has 43 heavy (non-hydrogen) atoms. The van der Waals surface area contributed by atoms with E-state index in [4.69, 9.17) is 4.42 Å². The van der Waals surface area contributed by atoms with Gasteiger partial charge in [-0.1, -0.05) is 30.3 Å². The maximum atomic E-state index is 13.5. The third-order valence-corrected chi connectivity index (χ3v) is 7.48. The number of hydrogen-bond donors (Lipinski definition) is 0. The number of para-hydroxylation sites is 1. The van der Waals surface area contributed by atoms with E-state index in [-0.39, 0.29) is 44.9 Å². The van der Waals surface area contributed by atoms with Crippen LogP contribution in [0.1, 0.15) is 17.4 Å². The number of rotatable bonds is 6. The molecule has 0 aliphatic carbocycles. The first-order valence-electron chi connectivity index (χ1n) is 12.4.